The van der Waals surface area contributed by atoms with Crippen LogP contribution < -0.4 is 5.32 Å². The molecule has 2 N–H and O–H groups in total. The van der Waals surface area contributed by atoms with Crippen LogP contribution >= 0.6 is 0 Å². The molecule has 0 aliphatic rings. The molecule has 0 atom stereocenters. The van der Waals surface area contributed by atoms with Crippen LogP contribution in [0.2, 0.25) is 0 Å². The predicted molar refractivity (Wildman–Crippen MR) is 85.6 cm³/mol. The molecule has 3 aromatic rings. The molecule has 24 heavy (non-hydrogen) atoms. The third-order valence-corrected chi connectivity index (χ3v) is 3.41. The molecule has 0 aliphatic carbocycles. The van der Waals surface area contributed by atoms with Crippen molar-refractivity contribution in [1.29, 1.82) is 0 Å². The molecule has 124 valence electrons. The van der Waals surface area contributed by atoms with Crippen molar-refractivity contribution in [2.24, 2.45) is 0 Å². The number of pyridine rings is 1. The molecule has 3 aromatic heterocycles. The zero-order valence-electron chi connectivity index (χ0n) is 13.3. The van der Waals surface area contributed by atoms with E-state index in [2.05, 4.69) is 30.6 Å². The molecule has 1 amide bonds. The Bertz CT molecular complexity index is 796. The van der Waals surface area contributed by atoms with E-state index in [1.54, 1.807) is 12.4 Å². The lowest BCUT2D eigenvalue weighted by Gasteiger charge is -2.01. The Morgan fingerprint density at radius 2 is 2.33 bits per heavy atom. The number of hydrogen-bond donors (Lipinski definition) is 2. The van der Waals surface area contributed by atoms with Crippen LogP contribution in [0.25, 0.3) is 11.4 Å². The Morgan fingerprint density at radius 1 is 1.42 bits per heavy atom. The van der Waals surface area contributed by atoms with Crippen LogP contribution in [0, 0.1) is 6.92 Å². The summed E-state index contributed by atoms with van der Waals surface area (Å²) in [6.45, 7) is 2.34. The highest BCUT2D eigenvalue weighted by Gasteiger charge is 2.09. The molecule has 0 radical (unpaired) electrons. The lowest BCUT2D eigenvalue weighted by atomic mass is 10.2. The highest BCUT2D eigenvalue weighted by Crippen LogP contribution is 2.14. The average Bonchev–Trinajstić information content (AvgIpc) is 3.23. The van der Waals surface area contributed by atoms with Crippen LogP contribution in [-0.4, -0.2) is 31.2 Å². The van der Waals surface area contributed by atoms with Gasteiger partial charge in [-0.2, -0.15) is 10.1 Å². The molecule has 0 saturated carbocycles. The Balaban J connectivity index is 1.41. The van der Waals surface area contributed by atoms with Crippen molar-refractivity contribution in [3.05, 3.63) is 47.9 Å². The lowest BCUT2D eigenvalue weighted by Crippen LogP contribution is -2.22. The van der Waals surface area contributed by atoms with Crippen molar-refractivity contribution in [1.82, 2.24) is 30.6 Å². The predicted octanol–water partition coefficient (Wildman–Crippen LogP) is 1.80. The number of hydrogen-bond acceptors (Lipinski definition) is 6. The van der Waals surface area contributed by atoms with E-state index in [9.17, 15) is 4.79 Å². The van der Waals surface area contributed by atoms with E-state index in [-0.39, 0.29) is 5.91 Å². The van der Waals surface area contributed by atoms with Gasteiger partial charge < -0.3 is 9.84 Å². The largest absolute Gasteiger partial charge is 0.350 e. The first-order valence-electron chi connectivity index (χ1n) is 7.71. The van der Waals surface area contributed by atoms with Gasteiger partial charge in [-0.3, -0.25) is 14.9 Å². The molecule has 0 spiro atoms. The number of aryl methyl sites for hydroxylation is 2. The lowest BCUT2D eigenvalue weighted by molar-refractivity contribution is -0.121. The topological polar surface area (TPSA) is 110 Å². The van der Waals surface area contributed by atoms with E-state index >= 15 is 0 Å². The summed E-state index contributed by atoms with van der Waals surface area (Å²) in [4.78, 5) is 20.1. The Hall–Kier alpha value is -3.03. The average molecular weight is 326 g/mol. The number of H-pyrrole nitrogens is 1. The standard InChI is InChI=1S/C16H18N6O2/c1-11-8-13(21-20-11)10-18-14(23)5-2-6-15-19-16(22-24-15)12-4-3-7-17-9-12/h3-4,7-9H,2,5-6,10H2,1H3,(H,18,23)(H,20,21). The fraction of sp³-hybridized carbons (Fsp3) is 0.312. The van der Waals surface area contributed by atoms with Crippen LogP contribution in [-0.2, 0) is 17.8 Å². The second-order valence-electron chi connectivity index (χ2n) is 5.43. The van der Waals surface area contributed by atoms with Gasteiger partial charge in [-0.25, -0.2) is 0 Å². The van der Waals surface area contributed by atoms with Gasteiger partial charge in [0, 0.05) is 36.5 Å². The fourth-order valence-corrected chi connectivity index (χ4v) is 2.21. The number of aromatic amines is 1. The highest BCUT2D eigenvalue weighted by molar-refractivity contribution is 5.75. The quantitative estimate of drug-likeness (QED) is 0.685. The number of rotatable bonds is 7. The van der Waals surface area contributed by atoms with Crippen LogP contribution in [0.15, 0.2) is 35.1 Å². The molecule has 0 aromatic carbocycles. The van der Waals surface area contributed by atoms with Gasteiger partial charge in [0.2, 0.25) is 17.6 Å². The van der Waals surface area contributed by atoms with Gasteiger partial charge in [0.15, 0.2) is 0 Å². The summed E-state index contributed by atoms with van der Waals surface area (Å²) in [6.07, 6.45) is 4.96. The molecule has 8 nitrogen and oxygen atoms in total. The summed E-state index contributed by atoms with van der Waals surface area (Å²) >= 11 is 0. The van der Waals surface area contributed by atoms with Crippen molar-refractivity contribution in [3.63, 3.8) is 0 Å². The maximum atomic E-state index is 11.8. The van der Waals surface area contributed by atoms with Gasteiger partial charge in [-0.05, 0) is 31.5 Å². The van der Waals surface area contributed by atoms with Gasteiger partial charge in [0.05, 0.1) is 12.2 Å². The molecule has 3 heterocycles. The van der Waals surface area contributed by atoms with Gasteiger partial charge in [-0.15, -0.1) is 0 Å². The molecule has 3 rings (SSSR count). The van der Waals surface area contributed by atoms with Gasteiger partial charge in [-0.1, -0.05) is 5.16 Å². The van der Waals surface area contributed by atoms with Gasteiger partial charge >= 0.3 is 0 Å². The first-order chi connectivity index (χ1) is 11.7. The molecule has 0 aliphatic heterocycles. The van der Waals surface area contributed by atoms with E-state index in [0.29, 0.717) is 37.5 Å². The Labute approximate surface area is 138 Å². The molecule has 0 fully saturated rings. The van der Waals surface area contributed by atoms with Crippen molar-refractivity contribution < 1.29 is 9.32 Å². The number of carbonyl (C=O) groups excluding carboxylic acids is 1. The summed E-state index contributed by atoms with van der Waals surface area (Å²) in [5, 5.41) is 13.7. The van der Waals surface area contributed by atoms with Gasteiger partial charge in [0.1, 0.15) is 0 Å². The van der Waals surface area contributed by atoms with Crippen molar-refractivity contribution in [2.75, 3.05) is 0 Å². The summed E-state index contributed by atoms with van der Waals surface area (Å²) in [6, 6.07) is 5.58. The minimum atomic E-state index is -0.0253. The van der Waals surface area contributed by atoms with E-state index in [1.807, 2.05) is 25.1 Å². The third kappa shape index (κ3) is 4.25. The van der Waals surface area contributed by atoms with Crippen LogP contribution in [0.1, 0.15) is 30.1 Å². The number of amides is 1. The van der Waals surface area contributed by atoms with Crippen LogP contribution in [0.4, 0.5) is 0 Å². The molecule has 8 heteroatoms. The second kappa shape index (κ2) is 7.49. The van der Waals surface area contributed by atoms with Crippen molar-refractivity contribution in [3.8, 4) is 11.4 Å². The summed E-state index contributed by atoms with van der Waals surface area (Å²) in [7, 11) is 0. The maximum absolute atomic E-state index is 11.8. The molecule has 0 saturated heterocycles. The summed E-state index contributed by atoms with van der Waals surface area (Å²) < 4.78 is 5.20. The van der Waals surface area contributed by atoms with Crippen LogP contribution in [0.5, 0.6) is 0 Å². The minimum absolute atomic E-state index is 0.0253. The SMILES string of the molecule is Cc1cc(CNC(=O)CCCc2nc(-c3cccnc3)no2)n[nH]1. The van der Waals surface area contributed by atoms with E-state index in [0.717, 1.165) is 17.0 Å². The normalized spacial score (nSPS) is 10.7. The number of nitrogens with zero attached hydrogens (tertiary/aromatic N) is 4. The fourth-order valence-electron chi connectivity index (χ4n) is 2.21. The second-order valence-corrected chi connectivity index (χ2v) is 5.43. The molecule has 0 bridgehead atoms. The monoisotopic (exact) mass is 326 g/mol. The zero-order chi connectivity index (χ0) is 16.8. The third-order valence-electron chi connectivity index (χ3n) is 3.41. The van der Waals surface area contributed by atoms with Crippen LogP contribution in [0.3, 0.4) is 0 Å². The summed E-state index contributed by atoms with van der Waals surface area (Å²) in [5.41, 5.74) is 2.60. The van der Waals surface area contributed by atoms with Crippen molar-refractivity contribution >= 4 is 5.91 Å². The Morgan fingerprint density at radius 3 is 3.08 bits per heavy atom. The van der Waals surface area contributed by atoms with Gasteiger partial charge in [0.25, 0.3) is 0 Å². The summed E-state index contributed by atoms with van der Waals surface area (Å²) in [5.74, 6) is 1.00. The van der Waals surface area contributed by atoms with E-state index in [4.69, 9.17) is 4.52 Å². The number of carbonyl (C=O) groups is 1. The van der Waals surface area contributed by atoms with Crippen molar-refractivity contribution in [2.45, 2.75) is 32.7 Å². The minimum Gasteiger partial charge on any atom is -0.350 e. The van der Waals surface area contributed by atoms with E-state index in [1.165, 1.54) is 0 Å². The Kier molecular flexibility index (Phi) is 4.95. The smallest absolute Gasteiger partial charge is 0.226 e. The first kappa shape index (κ1) is 15.9. The highest BCUT2D eigenvalue weighted by atomic mass is 16.5. The zero-order valence-corrected chi connectivity index (χ0v) is 13.3. The van der Waals surface area contributed by atoms with E-state index < -0.39 is 0 Å². The molecular formula is C16H18N6O2. The molecule has 0 unspecified atom stereocenters. The first-order valence-corrected chi connectivity index (χ1v) is 7.71. The number of nitrogens with one attached hydrogen (secondary N) is 2. The maximum Gasteiger partial charge on any atom is 0.226 e. The molecular weight excluding hydrogens is 308 g/mol. The number of aromatic nitrogens is 5.